The molecule has 134 valence electrons. The molecular weight excluding hydrogens is 408 g/mol. The maximum absolute atomic E-state index is 12.6. The molecule has 5 rings (SSSR count). The molecule has 2 aromatic rings. The molecule has 3 saturated carbocycles. The summed E-state index contributed by atoms with van der Waals surface area (Å²) in [5, 5.41) is 7.88. The van der Waals surface area contributed by atoms with Crippen LogP contribution in [0.25, 0.3) is 5.52 Å². The minimum atomic E-state index is -0.125. The molecule has 2 atom stereocenters. The number of ether oxygens (including phenoxy) is 1. The third-order valence-electron chi connectivity index (χ3n) is 5.49. The van der Waals surface area contributed by atoms with E-state index in [0.717, 1.165) is 35.7 Å². The van der Waals surface area contributed by atoms with Crippen LogP contribution >= 0.6 is 27.5 Å². The van der Waals surface area contributed by atoms with Gasteiger partial charge >= 0.3 is 5.97 Å². The molecule has 2 heterocycles. The van der Waals surface area contributed by atoms with E-state index in [1.165, 1.54) is 0 Å². The number of hydrogen-bond acceptors (Lipinski definition) is 5. The molecule has 1 unspecified atom stereocenters. The van der Waals surface area contributed by atoms with Crippen LogP contribution in [0.15, 0.2) is 16.7 Å². The van der Waals surface area contributed by atoms with Crippen molar-refractivity contribution in [1.29, 1.82) is 0 Å². The number of carbonyl (C=O) groups excluding carboxylic acids is 1. The van der Waals surface area contributed by atoms with E-state index in [2.05, 4.69) is 31.3 Å². The lowest BCUT2D eigenvalue weighted by atomic mass is 9.61. The Balaban J connectivity index is 1.69. The number of halogens is 2. The van der Waals surface area contributed by atoms with Gasteiger partial charge in [0, 0.05) is 16.7 Å². The van der Waals surface area contributed by atoms with Crippen molar-refractivity contribution in [2.75, 3.05) is 11.9 Å². The molecule has 0 aromatic carbocycles. The SMILES string of the molecule is CCOC(=O)[C@H]1C2CCC(CC2)C1Nc1nc(Cl)nn2cc(Br)cc12. The molecular formula is C17H20BrClN4O2. The highest BCUT2D eigenvalue weighted by Gasteiger charge is 2.48. The first-order chi connectivity index (χ1) is 12.1. The molecule has 0 radical (unpaired) electrons. The summed E-state index contributed by atoms with van der Waals surface area (Å²) >= 11 is 9.55. The van der Waals surface area contributed by atoms with Gasteiger partial charge in [-0.3, -0.25) is 4.79 Å². The average Bonchev–Trinajstić information content (AvgIpc) is 2.96. The summed E-state index contributed by atoms with van der Waals surface area (Å²) in [4.78, 5) is 17.0. The first-order valence-electron chi connectivity index (χ1n) is 8.71. The summed E-state index contributed by atoms with van der Waals surface area (Å²) < 4.78 is 7.97. The van der Waals surface area contributed by atoms with Crippen molar-refractivity contribution in [1.82, 2.24) is 14.6 Å². The van der Waals surface area contributed by atoms with Crippen LogP contribution in [-0.4, -0.2) is 33.2 Å². The van der Waals surface area contributed by atoms with Crippen LogP contribution in [0, 0.1) is 17.8 Å². The lowest BCUT2D eigenvalue weighted by Gasteiger charge is -2.47. The van der Waals surface area contributed by atoms with E-state index in [1.54, 1.807) is 4.52 Å². The number of aromatic nitrogens is 3. The van der Waals surface area contributed by atoms with Gasteiger partial charge in [0.2, 0.25) is 5.28 Å². The van der Waals surface area contributed by atoms with Crippen molar-refractivity contribution in [3.63, 3.8) is 0 Å². The van der Waals surface area contributed by atoms with E-state index in [9.17, 15) is 4.79 Å². The van der Waals surface area contributed by atoms with Crippen LogP contribution in [0.1, 0.15) is 32.6 Å². The Bertz CT molecular complexity index is 803. The Morgan fingerprint density at radius 3 is 2.84 bits per heavy atom. The van der Waals surface area contributed by atoms with Crippen LogP contribution in [-0.2, 0) is 9.53 Å². The number of nitrogens with zero attached hydrogens (tertiary/aromatic N) is 3. The van der Waals surface area contributed by atoms with Crippen molar-refractivity contribution in [3.05, 3.63) is 22.0 Å². The summed E-state index contributed by atoms with van der Waals surface area (Å²) in [5.74, 6) is 1.28. The van der Waals surface area contributed by atoms with Gasteiger partial charge in [0.15, 0.2) is 5.82 Å². The van der Waals surface area contributed by atoms with Gasteiger partial charge in [-0.25, -0.2) is 4.52 Å². The highest BCUT2D eigenvalue weighted by molar-refractivity contribution is 9.10. The van der Waals surface area contributed by atoms with Crippen molar-refractivity contribution in [2.24, 2.45) is 17.8 Å². The lowest BCUT2D eigenvalue weighted by Crippen LogP contribution is -2.52. The topological polar surface area (TPSA) is 68.5 Å². The zero-order valence-electron chi connectivity index (χ0n) is 13.9. The van der Waals surface area contributed by atoms with E-state index >= 15 is 0 Å². The van der Waals surface area contributed by atoms with Crippen molar-refractivity contribution >= 4 is 44.8 Å². The molecule has 0 spiro atoms. The summed E-state index contributed by atoms with van der Waals surface area (Å²) in [6.45, 7) is 2.27. The molecule has 2 aromatic heterocycles. The number of nitrogens with one attached hydrogen (secondary N) is 1. The Morgan fingerprint density at radius 2 is 2.12 bits per heavy atom. The normalized spacial score (nSPS) is 28.3. The Labute approximate surface area is 159 Å². The monoisotopic (exact) mass is 426 g/mol. The van der Waals surface area contributed by atoms with Gasteiger partial charge in [0.1, 0.15) is 5.52 Å². The second kappa shape index (κ2) is 6.76. The molecule has 3 aliphatic carbocycles. The van der Waals surface area contributed by atoms with Crippen molar-refractivity contribution in [2.45, 2.75) is 38.6 Å². The third-order valence-corrected chi connectivity index (χ3v) is 6.08. The minimum Gasteiger partial charge on any atom is -0.466 e. The van der Waals surface area contributed by atoms with Crippen molar-refractivity contribution in [3.8, 4) is 0 Å². The van der Waals surface area contributed by atoms with E-state index < -0.39 is 0 Å². The predicted molar refractivity (Wildman–Crippen MR) is 98.7 cm³/mol. The average molecular weight is 428 g/mol. The van der Waals surface area contributed by atoms with Gasteiger partial charge in [-0.15, -0.1) is 5.10 Å². The minimum absolute atomic E-state index is 0.0231. The maximum Gasteiger partial charge on any atom is 0.311 e. The molecule has 8 heteroatoms. The van der Waals surface area contributed by atoms with Gasteiger partial charge in [-0.2, -0.15) is 4.98 Å². The zero-order chi connectivity index (χ0) is 17.6. The standard InChI is InChI=1S/C17H20BrClN4O2/c1-2-25-16(24)13-9-3-5-10(6-4-9)14(13)20-15-12-7-11(18)8-23(12)22-17(19)21-15/h7-10,13-14H,2-6H2,1H3,(H,20,21,22)/t9?,10?,13-,14?/m0/s1. The molecule has 0 amide bonds. The van der Waals surface area contributed by atoms with Crippen LogP contribution in [0.4, 0.5) is 5.82 Å². The number of anilines is 1. The summed E-state index contributed by atoms with van der Waals surface area (Å²) in [6.07, 6.45) is 6.31. The molecule has 3 fully saturated rings. The predicted octanol–water partition coefficient (Wildman–Crippen LogP) is 3.93. The number of esters is 1. The number of carbonyl (C=O) groups is 1. The fourth-order valence-electron chi connectivity index (χ4n) is 4.44. The highest BCUT2D eigenvalue weighted by Crippen LogP contribution is 2.47. The summed E-state index contributed by atoms with van der Waals surface area (Å²) in [7, 11) is 0. The largest absolute Gasteiger partial charge is 0.466 e. The third kappa shape index (κ3) is 3.12. The number of rotatable bonds is 4. The maximum atomic E-state index is 12.6. The Kier molecular flexibility index (Phi) is 4.62. The molecule has 0 aliphatic heterocycles. The molecule has 2 bridgehead atoms. The Morgan fingerprint density at radius 1 is 1.40 bits per heavy atom. The number of fused-ring (bicyclic) bond motifs is 4. The highest BCUT2D eigenvalue weighted by atomic mass is 79.9. The van der Waals surface area contributed by atoms with E-state index in [-0.39, 0.29) is 23.2 Å². The second-order valence-corrected chi connectivity index (χ2v) is 8.09. The van der Waals surface area contributed by atoms with Gasteiger partial charge in [-0.1, -0.05) is 0 Å². The van der Waals surface area contributed by atoms with Crippen LogP contribution in [0.3, 0.4) is 0 Å². The van der Waals surface area contributed by atoms with E-state index in [4.69, 9.17) is 16.3 Å². The molecule has 3 aliphatic rings. The Hall–Kier alpha value is -1.34. The van der Waals surface area contributed by atoms with Crippen molar-refractivity contribution < 1.29 is 9.53 Å². The summed E-state index contributed by atoms with van der Waals surface area (Å²) in [5.41, 5.74) is 0.834. The molecule has 0 saturated heterocycles. The van der Waals surface area contributed by atoms with Gasteiger partial charge < -0.3 is 10.1 Å². The van der Waals surface area contributed by atoms with Gasteiger partial charge in [0.05, 0.1) is 12.5 Å². The summed E-state index contributed by atoms with van der Waals surface area (Å²) in [6, 6.07) is 1.97. The van der Waals surface area contributed by atoms with Gasteiger partial charge in [0.25, 0.3) is 0 Å². The molecule has 6 nitrogen and oxygen atoms in total. The lowest BCUT2D eigenvalue weighted by molar-refractivity contribution is -0.154. The van der Waals surface area contributed by atoms with Crippen LogP contribution in [0.2, 0.25) is 5.28 Å². The second-order valence-electron chi connectivity index (χ2n) is 6.84. The van der Waals surface area contributed by atoms with Crippen LogP contribution in [0.5, 0.6) is 0 Å². The number of hydrogen-bond donors (Lipinski definition) is 1. The fourth-order valence-corrected chi connectivity index (χ4v) is 5.02. The first kappa shape index (κ1) is 17.1. The molecule has 25 heavy (non-hydrogen) atoms. The van der Waals surface area contributed by atoms with Gasteiger partial charge in [-0.05, 0) is 78.0 Å². The smallest absolute Gasteiger partial charge is 0.311 e. The quantitative estimate of drug-likeness (QED) is 0.749. The van der Waals surface area contributed by atoms with E-state index in [0.29, 0.717) is 24.3 Å². The fraction of sp³-hybridized carbons (Fsp3) is 0.588. The van der Waals surface area contributed by atoms with Crippen LogP contribution < -0.4 is 5.32 Å². The first-order valence-corrected chi connectivity index (χ1v) is 9.88. The van der Waals surface area contributed by atoms with E-state index in [1.807, 2.05) is 19.2 Å². The zero-order valence-corrected chi connectivity index (χ0v) is 16.3. The molecule has 1 N–H and O–H groups in total.